The number of ether oxygens (including phenoxy) is 1. The molecule has 1 saturated heterocycles. The summed E-state index contributed by atoms with van der Waals surface area (Å²) in [6.45, 7) is 2.18. The summed E-state index contributed by atoms with van der Waals surface area (Å²) >= 11 is 1.62. The predicted octanol–water partition coefficient (Wildman–Crippen LogP) is 4.73. The number of fused-ring (bicyclic) bond motifs is 1. The van der Waals surface area contributed by atoms with E-state index in [0.717, 1.165) is 29.4 Å². The molecule has 3 heterocycles. The summed E-state index contributed by atoms with van der Waals surface area (Å²) in [6, 6.07) is 9.28. The first-order chi connectivity index (χ1) is 16.5. The lowest BCUT2D eigenvalue weighted by Crippen LogP contribution is -2.41. The Labute approximate surface area is 203 Å². The monoisotopic (exact) mass is 476 g/mol. The number of thiophene rings is 1. The van der Waals surface area contributed by atoms with E-state index in [1.807, 2.05) is 35.0 Å². The number of aromatic nitrogens is 1. The number of rotatable bonds is 8. The van der Waals surface area contributed by atoms with E-state index in [4.69, 9.17) is 4.74 Å². The van der Waals surface area contributed by atoms with Gasteiger partial charge in [-0.2, -0.15) is 11.3 Å². The summed E-state index contributed by atoms with van der Waals surface area (Å²) in [5.41, 5.74) is 2.41. The first kappa shape index (κ1) is 23.9. The first-order valence-electron chi connectivity index (χ1n) is 11.4. The first-order valence-corrected chi connectivity index (χ1v) is 12.4. The number of hydrogen-bond acceptors (Lipinski definition) is 6. The highest BCUT2D eigenvalue weighted by Gasteiger charge is 2.31. The molecule has 1 aromatic carbocycles. The van der Waals surface area contributed by atoms with Crippen molar-refractivity contribution < 1.29 is 19.4 Å². The Bertz CT molecular complexity index is 1210. The average molecular weight is 477 g/mol. The fourth-order valence-electron chi connectivity index (χ4n) is 4.67. The third-order valence-electron chi connectivity index (χ3n) is 6.46. The SMILES string of the molecule is COc1ccc2nccc(C(=O)CC[C@@H]3CCN(CC#Cc4ccsc4)C[C@H]3CC(=O)O)c2c1. The highest BCUT2D eigenvalue weighted by molar-refractivity contribution is 7.08. The van der Waals surface area contributed by atoms with E-state index in [1.165, 1.54) is 0 Å². The van der Waals surface area contributed by atoms with Gasteiger partial charge in [-0.05, 0) is 66.9 Å². The summed E-state index contributed by atoms with van der Waals surface area (Å²) in [7, 11) is 1.60. The molecular weight excluding hydrogens is 448 g/mol. The number of carboxylic acid groups (broad SMARTS) is 1. The third-order valence-corrected chi connectivity index (χ3v) is 7.14. The lowest BCUT2D eigenvalue weighted by atomic mass is 9.79. The van der Waals surface area contributed by atoms with Crippen LogP contribution in [0.3, 0.4) is 0 Å². The molecule has 1 aliphatic heterocycles. The van der Waals surface area contributed by atoms with Crippen molar-refractivity contribution in [1.29, 1.82) is 0 Å². The quantitative estimate of drug-likeness (QED) is 0.374. The maximum atomic E-state index is 13.1. The summed E-state index contributed by atoms with van der Waals surface area (Å²) in [6.07, 6.45) is 3.71. The zero-order valence-corrected chi connectivity index (χ0v) is 20.0. The van der Waals surface area contributed by atoms with E-state index >= 15 is 0 Å². The van der Waals surface area contributed by atoms with E-state index in [2.05, 4.69) is 21.7 Å². The molecule has 1 N–H and O–H groups in total. The van der Waals surface area contributed by atoms with Crippen LogP contribution in [0.25, 0.3) is 10.9 Å². The minimum atomic E-state index is -0.792. The van der Waals surface area contributed by atoms with E-state index in [0.29, 0.717) is 37.2 Å². The van der Waals surface area contributed by atoms with Gasteiger partial charge in [0, 0.05) is 47.5 Å². The van der Waals surface area contributed by atoms with E-state index in [-0.39, 0.29) is 24.0 Å². The maximum absolute atomic E-state index is 13.1. The maximum Gasteiger partial charge on any atom is 0.303 e. The van der Waals surface area contributed by atoms with Gasteiger partial charge in [-0.15, -0.1) is 0 Å². The number of hydrogen-bond donors (Lipinski definition) is 1. The van der Waals surface area contributed by atoms with Gasteiger partial charge in [0.2, 0.25) is 0 Å². The summed E-state index contributed by atoms with van der Waals surface area (Å²) in [5, 5.41) is 14.3. The van der Waals surface area contributed by atoms with Gasteiger partial charge in [0.15, 0.2) is 5.78 Å². The number of methoxy groups -OCH3 is 1. The number of benzene rings is 1. The number of carboxylic acids is 1. The Hall–Kier alpha value is -3.21. The van der Waals surface area contributed by atoms with Crippen molar-refractivity contribution in [3.63, 3.8) is 0 Å². The van der Waals surface area contributed by atoms with Crippen molar-refractivity contribution in [2.45, 2.75) is 25.7 Å². The largest absolute Gasteiger partial charge is 0.497 e. The van der Waals surface area contributed by atoms with Crippen LogP contribution in [0.15, 0.2) is 47.3 Å². The zero-order chi connectivity index (χ0) is 23.9. The molecule has 0 bridgehead atoms. The van der Waals surface area contributed by atoms with Gasteiger partial charge >= 0.3 is 5.97 Å². The molecule has 176 valence electrons. The number of Topliss-reactive ketones (excluding diaryl/α,β-unsaturated/α-hetero) is 1. The molecule has 0 radical (unpaired) electrons. The van der Waals surface area contributed by atoms with Crippen molar-refractivity contribution >= 4 is 34.0 Å². The molecule has 0 aliphatic carbocycles. The van der Waals surface area contributed by atoms with Crippen LogP contribution in [-0.4, -0.2) is 53.5 Å². The summed E-state index contributed by atoms with van der Waals surface area (Å²) in [5.74, 6) is 6.53. The normalized spacial score (nSPS) is 18.3. The van der Waals surface area contributed by atoms with Crippen LogP contribution in [0.4, 0.5) is 0 Å². The van der Waals surface area contributed by atoms with Gasteiger partial charge in [-0.3, -0.25) is 19.5 Å². The Kier molecular flexibility index (Phi) is 7.94. The van der Waals surface area contributed by atoms with Crippen LogP contribution < -0.4 is 4.74 Å². The van der Waals surface area contributed by atoms with Crippen molar-refractivity contribution in [3.8, 4) is 17.6 Å². The Morgan fingerprint density at radius 1 is 1.26 bits per heavy atom. The third kappa shape index (κ3) is 6.02. The molecule has 1 aliphatic rings. The zero-order valence-electron chi connectivity index (χ0n) is 19.2. The Morgan fingerprint density at radius 3 is 2.91 bits per heavy atom. The van der Waals surface area contributed by atoms with Crippen LogP contribution in [0.1, 0.15) is 41.6 Å². The lowest BCUT2D eigenvalue weighted by Gasteiger charge is -2.37. The molecule has 0 spiro atoms. The molecule has 34 heavy (non-hydrogen) atoms. The van der Waals surface area contributed by atoms with Crippen molar-refractivity contribution in [1.82, 2.24) is 9.88 Å². The molecule has 3 aromatic rings. The van der Waals surface area contributed by atoms with E-state index in [9.17, 15) is 14.7 Å². The molecule has 7 heteroatoms. The average Bonchev–Trinajstić information content (AvgIpc) is 3.36. The fourth-order valence-corrected chi connectivity index (χ4v) is 5.26. The molecule has 1 fully saturated rings. The van der Waals surface area contributed by atoms with Gasteiger partial charge in [-0.25, -0.2) is 0 Å². The van der Waals surface area contributed by atoms with Crippen LogP contribution >= 0.6 is 11.3 Å². The van der Waals surface area contributed by atoms with Gasteiger partial charge in [-0.1, -0.05) is 11.8 Å². The molecular formula is C27H28N2O4S. The molecule has 0 unspecified atom stereocenters. The molecule has 0 saturated carbocycles. The molecule has 4 rings (SSSR count). The number of carbonyl (C=O) groups excluding carboxylic acids is 1. The number of nitrogens with zero attached hydrogens (tertiary/aromatic N) is 2. The number of pyridine rings is 1. The standard InChI is InChI=1S/C27H28N2O4S/c1-33-22-5-6-25-24(16-22)23(8-11-28-25)26(30)7-4-20-9-13-29(17-21(20)15-27(31)32)12-2-3-19-10-14-34-18-19/h5-6,8,10-11,14,16,18,20-21H,4,7,9,12-13,15,17H2,1H3,(H,31,32)/t20-,21-/m1/s1. The fraction of sp³-hybridized carbons (Fsp3) is 0.370. The lowest BCUT2D eigenvalue weighted by molar-refractivity contribution is -0.139. The highest BCUT2D eigenvalue weighted by Crippen LogP contribution is 2.31. The van der Waals surface area contributed by atoms with Crippen molar-refractivity contribution in [2.75, 3.05) is 26.7 Å². The Morgan fingerprint density at radius 2 is 2.15 bits per heavy atom. The number of likely N-dealkylation sites (tertiary alicyclic amines) is 1. The second-order valence-corrected chi connectivity index (χ2v) is 9.44. The van der Waals surface area contributed by atoms with Crippen LogP contribution in [0, 0.1) is 23.7 Å². The molecule has 0 amide bonds. The minimum Gasteiger partial charge on any atom is -0.497 e. The predicted molar refractivity (Wildman–Crippen MR) is 133 cm³/mol. The number of aliphatic carboxylic acids is 1. The van der Waals surface area contributed by atoms with Crippen molar-refractivity contribution in [2.24, 2.45) is 11.8 Å². The van der Waals surface area contributed by atoms with Gasteiger partial charge in [0.25, 0.3) is 0 Å². The summed E-state index contributed by atoms with van der Waals surface area (Å²) < 4.78 is 5.31. The van der Waals surface area contributed by atoms with Crippen molar-refractivity contribution in [3.05, 3.63) is 58.4 Å². The number of carbonyl (C=O) groups is 2. The Balaban J connectivity index is 1.40. The smallest absolute Gasteiger partial charge is 0.303 e. The van der Waals surface area contributed by atoms with Gasteiger partial charge in [0.05, 0.1) is 19.2 Å². The molecule has 2 aromatic heterocycles. The second-order valence-electron chi connectivity index (χ2n) is 8.66. The van der Waals surface area contributed by atoms with Crippen LogP contribution in [0.5, 0.6) is 5.75 Å². The number of piperidine rings is 1. The minimum absolute atomic E-state index is 0.0104. The highest BCUT2D eigenvalue weighted by atomic mass is 32.1. The van der Waals surface area contributed by atoms with Gasteiger partial charge < -0.3 is 9.84 Å². The summed E-state index contributed by atoms with van der Waals surface area (Å²) in [4.78, 5) is 31.2. The second kappa shape index (κ2) is 11.3. The topological polar surface area (TPSA) is 79.7 Å². The van der Waals surface area contributed by atoms with Crippen LogP contribution in [-0.2, 0) is 4.79 Å². The molecule has 6 nitrogen and oxygen atoms in total. The molecule has 2 atom stereocenters. The van der Waals surface area contributed by atoms with Crippen LogP contribution in [0.2, 0.25) is 0 Å². The number of ketones is 1. The van der Waals surface area contributed by atoms with E-state index in [1.54, 1.807) is 30.7 Å². The van der Waals surface area contributed by atoms with Gasteiger partial charge in [0.1, 0.15) is 5.75 Å². The van der Waals surface area contributed by atoms with E-state index < -0.39 is 5.97 Å².